The summed E-state index contributed by atoms with van der Waals surface area (Å²) in [6.45, 7) is 5.32. The summed E-state index contributed by atoms with van der Waals surface area (Å²) < 4.78 is 8.83. The van der Waals surface area contributed by atoms with Crippen LogP contribution < -0.4 is 10.6 Å². The lowest BCUT2D eigenvalue weighted by Gasteiger charge is -2.20. The first-order chi connectivity index (χ1) is 10.3. The summed E-state index contributed by atoms with van der Waals surface area (Å²) in [6.07, 6.45) is -0.593. The van der Waals surface area contributed by atoms with Gasteiger partial charge in [0.25, 0.3) is 5.91 Å². The van der Waals surface area contributed by atoms with E-state index in [-0.39, 0.29) is 5.69 Å². The van der Waals surface area contributed by atoms with E-state index in [0.29, 0.717) is 11.4 Å². The molecule has 0 bridgehead atoms. The van der Waals surface area contributed by atoms with E-state index >= 15 is 0 Å². The number of rotatable bonds is 3. The van der Waals surface area contributed by atoms with Gasteiger partial charge in [0.2, 0.25) is 0 Å². The molecule has 7 nitrogen and oxygen atoms in total. The van der Waals surface area contributed by atoms with Crippen molar-refractivity contribution in [1.29, 1.82) is 0 Å². The minimum Gasteiger partial charge on any atom is -0.444 e. The molecule has 2 rings (SSSR count). The van der Waals surface area contributed by atoms with Gasteiger partial charge in [0.05, 0.1) is 11.4 Å². The quantitative estimate of drug-likeness (QED) is 0.906. The molecule has 2 amide bonds. The number of carbonyl (C=O) groups excluding carboxylic acids is 2. The molecule has 1 aromatic heterocycles. The third-order valence-electron chi connectivity index (χ3n) is 2.40. The monoisotopic (exact) mass is 320 g/mol. The zero-order valence-corrected chi connectivity index (χ0v) is 13.2. The van der Waals surface area contributed by atoms with Gasteiger partial charge in [0.15, 0.2) is 5.69 Å². The molecular weight excluding hydrogens is 304 g/mol. The Balaban J connectivity index is 2.10. The second kappa shape index (κ2) is 6.52. The summed E-state index contributed by atoms with van der Waals surface area (Å²) in [6, 6.07) is 6.82. The van der Waals surface area contributed by atoms with Crippen LogP contribution >= 0.6 is 11.5 Å². The van der Waals surface area contributed by atoms with Crippen LogP contribution in [-0.4, -0.2) is 27.2 Å². The standard InChI is InChI=1S/C14H16N4O3S/c1-14(2,3)21-13(20)16-10-7-5-4-6-9(10)15-12(19)11-8-22-18-17-11/h4-8H,1-3H3,(H,15,19)(H,16,20). The number of para-hydroxylation sites is 2. The highest BCUT2D eigenvalue weighted by Gasteiger charge is 2.18. The number of hydrogen-bond acceptors (Lipinski definition) is 6. The molecule has 0 aliphatic rings. The SMILES string of the molecule is CC(C)(C)OC(=O)Nc1ccccc1NC(=O)c1csnn1. The molecule has 0 atom stereocenters. The predicted molar refractivity (Wildman–Crippen MR) is 84.2 cm³/mol. The maximum absolute atomic E-state index is 12.0. The van der Waals surface area contributed by atoms with Gasteiger partial charge in [-0.2, -0.15) is 0 Å². The van der Waals surface area contributed by atoms with Crippen molar-refractivity contribution in [1.82, 2.24) is 9.59 Å². The number of anilines is 2. The zero-order valence-electron chi connectivity index (χ0n) is 12.4. The summed E-state index contributed by atoms with van der Waals surface area (Å²) in [4.78, 5) is 23.8. The molecule has 22 heavy (non-hydrogen) atoms. The van der Waals surface area contributed by atoms with Crippen molar-refractivity contribution in [2.45, 2.75) is 26.4 Å². The fourth-order valence-electron chi connectivity index (χ4n) is 1.56. The van der Waals surface area contributed by atoms with Crippen molar-refractivity contribution < 1.29 is 14.3 Å². The highest BCUT2D eigenvalue weighted by Crippen LogP contribution is 2.22. The maximum atomic E-state index is 12.0. The summed E-state index contributed by atoms with van der Waals surface area (Å²) in [5.41, 5.74) is 0.505. The molecule has 0 radical (unpaired) electrons. The number of nitrogens with one attached hydrogen (secondary N) is 2. The molecule has 2 N–H and O–H groups in total. The van der Waals surface area contributed by atoms with Gasteiger partial charge in [-0.15, -0.1) is 5.10 Å². The number of ether oxygens (including phenoxy) is 1. The summed E-state index contributed by atoms with van der Waals surface area (Å²) in [5, 5.41) is 10.5. The number of nitrogens with zero attached hydrogens (tertiary/aromatic N) is 2. The molecule has 116 valence electrons. The van der Waals surface area contributed by atoms with Crippen LogP contribution in [0, 0.1) is 0 Å². The van der Waals surface area contributed by atoms with Crippen LogP contribution in [0.5, 0.6) is 0 Å². The Hall–Kier alpha value is -2.48. The second-order valence-electron chi connectivity index (χ2n) is 5.42. The Labute approximate surface area is 131 Å². The molecule has 0 fully saturated rings. The van der Waals surface area contributed by atoms with E-state index in [1.807, 2.05) is 0 Å². The topological polar surface area (TPSA) is 93.2 Å². The Morgan fingerprint density at radius 1 is 1.14 bits per heavy atom. The van der Waals surface area contributed by atoms with Crippen molar-refractivity contribution >= 4 is 34.9 Å². The van der Waals surface area contributed by atoms with Gasteiger partial charge in [0, 0.05) is 5.38 Å². The third kappa shape index (κ3) is 4.52. The van der Waals surface area contributed by atoms with Gasteiger partial charge in [-0.25, -0.2) is 4.79 Å². The minimum atomic E-state index is -0.603. The number of benzene rings is 1. The number of aromatic nitrogens is 2. The Morgan fingerprint density at radius 2 is 1.77 bits per heavy atom. The maximum Gasteiger partial charge on any atom is 0.412 e. The van der Waals surface area contributed by atoms with Gasteiger partial charge in [-0.3, -0.25) is 10.1 Å². The van der Waals surface area contributed by atoms with Crippen LogP contribution in [0.1, 0.15) is 31.3 Å². The smallest absolute Gasteiger partial charge is 0.412 e. The molecule has 0 aliphatic carbocycles. The average molecular weight is 320 g/mol. The number of carbonyl (C=O) groups is 2. The van der Waals surface area contributed by atoms with E-state index < -0.39 is 17.6 Å². The molecule has 0 unspecified atom stereocenters. The molecule has 1 aromatic carbocycles. The molecule has 0 aliphatic heterocycles. The van der Waals surface area contributed by atoms with Gasteiger partial charge < -0.3 is 10.1 Å². The Morgan fingerprint density at radius 3 is 2.32 bits per heavy atom. The Bertz CT molecular complexity index is 665. The molecule has 0 spiro atoms. The molecule has 2 aromatic rings. The summed E-state index contributed by atoms with van der Waals surface area (Å²) in [7, 11) is 0. The van der Waals surface area contributed by atoms with Gasteiger partial charge in [-0.1, -0.05) is 16.6 Å². The first kappa shape index (κ1) is 15.9. The van der Waals surface area contributed by atoms with Crippen molar-refractivity contribution in [2.75, 3.05) is 10.6 Å². The van der Waals surface area contributed by atoms with Gasteiger partial charge >= 0.3 is 6.09 Å². The third-order valence-corrected chi connectivity index (χ3v) is 2.91. The van der Waals surface area contributed by atoms with Crippen molar-refractivity contribution in [3.05, 3.63) is 35.3 Å². The van der Waals surface area contributed by atoms with Crippen LogP contribution in [0.3, 0.4) is 0 Å². The lowest BCUT2D eigenvalue weighted by atomic mass is 10.2. The summed E-state index contributed by atoms with van der Waals surface area (Å²) in [5.74, 6) is -0.396. The van der Waals surface area contributed by atoms with Crippen molar-refractivity contribution in [3.63, 3.8) is 0 Å². The van der Waals surface area contributed by atoms with Crippen LogP contribution in [0.15, 0.2) is 29.6 Å². The number of amides is 2. The molecule has 0 saturated heterocycles. The lowest BCUT2D eigenvalue weighted by Crippen LogP contribution is -2.27. The van der Waals surface area contributed by atoms with Crippen LogP contribution in [0.4, 0.5) is 16.2 Å². The van der Waals surface area contributed by atoms with E-state index in [1.54, 1.807) is 50.4 Å². The van der Waals surface area contributed by atoms with Gasteiger partial charge in [0.1, 0.15) is 5.60 Å². The fraction of sp³-hybridized carbons (Fsp3) is 0.286. The highest BCUT2D eigenvalue weighted by molar-refractivity contribution is 7.03. The largest absolute Gasteiger partial charge is 0.444 e. The normalized spacial score (nSPS) is 10.9. The highest BCUT2D eigenvalue weighted by atomic mass is 32.1. The molecule has 8 heteroatoms. The lowest BCUT2D eigenvalue weighted by molar-refractivity contribution is 0.0635. The van der Waals surface area contributed by atoms with E-state index in [1.165, 1.54) is 0 Å². The van der Waals surface area contributed by atoms with Crippen LogP contribution in [-0.2, 0) is 4.74 Å². The van der Waals surface area contributed by atoms with E-state index in [0.717, 1.165) is 11.5 Å². The molecule has 0 saturated carbocycles. The zero-order chi connectivity index (χ0) is 16.2. The average Bonchev–Trinajstić information content (AvgIpc) is 2.92. The first-order valence-electron chi connectivity index (χ1n) is 6.52. The van der Waals surface area contributed by atoms with Crippen LogP contribution in [0.25, 0.3) is 0 Å². The van der Waals surface area contributed by atoms with E-state index in [2.05, 4.69) is 20.2 Å². The van der Waals surface area contributed by atoms with Crippen LogP contribution in [0.2, 0.25) is 0 Å². The fourth-order valence-corrected chi connectivity index (χ4v) is 2.00. The second-order valence-corrected chi connectivity index (χ2v) is 6.03. The molecule has 1 heterocycles. The van der Waals surface area contributed by atoms with E-state index in [4.69, 9.17) is 4.74 Å². The first-order valence-corrected chi connectivity index (χ1v) is 7.36. The Kier molecular flexibility index (Phi) is 4.71. The van der Waals surface area contributed by atoms with Crippen molar-refractivity contribution in [3.8, 4) is 0 Å². The minimum absolute atomic E-state index is 0.220. The predicted octanol–water partition coefficient (Wildman–Crippen LogP) is 3.14. The van der Waals surface area contributed by atoms with Gasteiger partial charge in [-0.05, 0) is 44.4 Å². The summed E-state index contributed by atoms with van der Waals surface area (Å²) >= 11 is 1.09. The van der Waals surface area contributed by atoms with E-state index in [9.17, 15) is 9.59 Å². The number of hydrogen-bond donors (Lipinski definition) is 2. The molecular formula is C14H16N4O3S. The van der Waals surface area contributed by atoms with Crippen molar-refractivity contribution in [2.24, 2.45) is 0 Å².